The van der Waals surface area contributed by atoms with E-state index in [1.54, 1.807) is 12.1 Å². The van der Waals surface area contributed by atoms with Gasteiger partial charge in [-0.05, 0) is 37.6 Å². The minimum atomic E-state index is -3.77. The van der Waals surface area contributed by atoms with Crippen molar-refractivity contribution in [2.75, 3.05) is 20.2 Å². The Morgan fingerprint density at radius 2 is 1.85 bits per heavy atom. The fraction of sp³-hybridized carbons (Fsp3) is 0.368. The molecule has 1 heterocycles. The molecule has 0 saturated carbocycles. The van der Waals surface area contributed by atoms with E-state index in [0.717, 1.165) is 11.1 Å². The molecular formula is C19H22ClNO4S. The molecular weight excluding hydrogens is 374 g/mol. The number of aryl methyl sites for hydroxylation is 1. The lowest BCUT2D eigenvalue weighted by Gasteiger charge is -2.36. The Labute approximate surface area is 159 Å². The van der Waals surface area contributed by atoms with E-state index in [1.807, 2.05) is 38.1 Å². The Balaban J connectivity index is 1.94. The van der Waals surface area contributed by atoms with Gasteiger partial charge in [0.05, 0.1) is 19.3 Å². The molecule has 5 nitrogen and oxygen atoms in total. The quantitative estimate of drug-likeness (QED) is 0.789. The van der Waals surface area contributed by atoms with Crippen LogP contribution in [0.5, 0.6) is 5.75 Å². The topological polar surface area (TPSA) is 55.8 Å². The number of nitrogens with zero attached hydrogens (tertiary/aromatic N) is 1. The highest BCUT2D eigenvalue weighted by atomic mass is 35.5. The summed E-state index contributed by atoms with van der Waals surface area (Å²) in [6, 6.07) is 12.5. The molecule has 0 radical (unpaired) electrons. The second-order valence-electron chi connectivity index (χ2n) is 6.46. The number of benzene rings is 2. The zero-order valence-corrected chi connectivity index (χ0v) is 16.5. The van der Waals surface area contributed by atoms with Gasteiger partial charge in [0.15, 0.2) is 0 Å². The molecule has 26 heavy (non-hydrogen) atoms. The van der Waals surface area contributed by atoms with Gasteiger partial charge in [-0.25, -0.2) is 8.42 Å². The maximum absolute atomic E-state index is 13.2. The molecule has 7 heteroatoms. The zero-order valence-electron chi connectivity index (χ0n) is 15.0. The molecule has 3 rings (SSSR count). The van der Waals surface area contributed by atoms with Gasteiger partial charge in [0, 0.05) is 18.1 Å². The fourth-order valence-corrected chi connectivity index (χ4v) is 5.00. The molecule has 0 N–H and O–H groups in total. The first kappa shape index (κ1) is 19.2. The third kappa shape index (κ3) is 3.88. The minimum absolute atomic E-state index is 0.0734. The van der Waals surface area contributed by atoms with Crippen LogP contribution in [-0.2, 0) is 14.8 Å². The zero-order chi connectivity index (χ0) is 18.9. The lowest BCUT2D eigenvalue weighted by Crippen LogP contribution is -2.45. The standard InChI is InChI=1S/C19H22ClNO4S/c1-13-4-6-15(7-5-13)18-12-21(11-14(2)25-18)26(22,23)19-10-16(20)8-9-17(19)24-3/h4-10,14,18H,11-12H2,1-3H3. The number of morpholine rings is 1. The number of ether oxygens (including phenoxy) is 2. The summed E-state index contributed by atoms with van der Waals surface area (Å²) >= 11 is 6.02. The van der Waals surface area contributed by atoms with E-state index in [-0.39, 0.29) is 35.9 Å². The summed E-state index contributed by atoms with van der Waals surface area (Å²) in [5.41, 5.74) is 2.10. The van der Waals surface area contributed by atoms with Gasteiger partial charge in [-0.1, -0.05) is 41.4 Å². The Morgan fingerprint density at radius 1 is 1.15 bits per heavy atom. The Bertz CT molecular complexity index is 883. The van der Waals surface area contributed by atoms with Crippen LogP contribution in [-0.4, -0.2) is 39.0 Å². The molecule has 0 amide bonds. The van der Waals surface area contributed by atoms with E-state index in [2.05, 4.69) is 0 Å². The molecule has 0 bridgehead atoms. The predicted octanol–water partition coefficient (Wildman–Crippen LogP) is 3.81. The van der Waals surface area contributed by atoms with Gasteiger partial charge < -0.3 is 9.47 Å². The summed E-state index contributed by atoms with van der Waals surface area (Å²) < 4.78 is 39.1. The van der Waals surface area contributed by atoms with Crippen molar-refractivity contribution >= 4 is 21.6 Å². The van der Waals surface area contributed by atoms with E-state index in [4.69, 9.17) is 21.1 Å². The monoisotopic (exact) mass is 395 g/mol. The molecule has 1 fully saturated rings. The third-order valence-electron chi connectivity index (χ3n) is 4.42. The molecule has 140 valence electrons. The van der Waals surface area contributed by atoms with Crippen LogP contribution >= 0.6 is 11.6 Å². The van der Waals surface area contributed by atoms with Crippen molar-refractivity contribution in [2.24, 2.45) is 0 Å². The van der Waals surface area contributed by atoms with Crippen molar-refractivity contribution < 1.29 is 17.9 Å². The largest absolute Gasteiger partial charge is 0.495 e. The summed E-state index contributed by atoms with van der Waals surface area (Å²) in [6.45, 7) is 4.40. The van der Waals surface area contributed by atoms with Crippen molar-refractivity contribution in [3.8, 4) is 5.75 Å². The summed E-state index contributed by atoms with van der Waals surface area (Å²) in [7, 11) is -2.32. The first-order valence-electron chi connectivity index (χ1n) is 8.37. The van der Waals surface area contributed by atoms with Crippen molar-refractivity contribution in [2.45, 2.75) is 31.0 Å². The number of halogens is 1. The van der Waals surface area contributed by atoms with E-state index < -0.39 is 10.0 Å². The van der Waals surface area contributed by atoms with Gasteiger partial charge in [-0.2, -0.15) is 4.31 Å². The lowest BCUT2D eigenvalue weighted by molar-refractivity contribution is -0.0557. The molecule has 2 unspecified atom stereocenters. The van der Waals surface area contributed by atoms with Gasteiger partial charge in [0.25, 0.3) is 0 Å². The van der Waals surface area contributed by atoms with Crippen LogP contribution in [0.3, 0.4) is 0 Å². The third-order valence-corrected chi connectivity index (χ3v) is 6.51. The maximum Gasteiger partial charge on any atom is 0.246 e. The SMILES string of the molecule is COc1ccc(Cl)cc1S(=O)(=O)N1CC(C)OC(c2ccc(C)cc2)C1. The molecule has 1 saturated heterocycles. The molecule has 2 aromatic rings. The van der Waals surface area contributed by atoms with Crippen LogP contribution in [0.4, 0.5) is 0 Å². The van der Waals surface area contributed by atoms with Crippen molar-refractivity contribution in [3.63, 3.8) is 0 Å². The van der Waals surface area contributed by atoms with Crippen LogP contribution in [0, 0.1) is 6.92 Å². The predicted molar refractivity (Wildman–Crippen MR) is 101 cm³/mol. The van der Waals surface area contributed by atoms with E-state index in [1.165, 1.54) is 17.5 Å². The maximum atomic E-state index is 13.2. The van der Waals surface area contributed by atoms with E-state index >= 15 is 0 Å². The molecule has 1 aliphatic heterocycles. The van der Waals surface area contributed by atoms with Gasteiger partial charge in [-0.15, -0.1) is 0 Å². The highest BCUT2D eigenvalue weighted by Crippen LogP contribution is 2.33. The van der Waals surface area contributed by atoms with Crippen molar-refractivity contribution in [3.05, 3.63) is 58.6 Å². The first-order valence-corrected chi connectivity index (χ1v) is 10.2. The second kappa shape index (κ2) is 7.56. The molecule has 0 aromatic heterocycles. The smallest absolute Gasteiger partial charge is 0.246 e. The molecule has 2 atom stereocenters. The fourth-order valence-electron chi connectivity index (χ4n) is 3.07. The van der Waals surface area contributed by atoms with Crippen molar-refractivity contribution in [1.82, 2.24) is 4.31 Å². The number of hydrogen-bond donors (Lipinski definition) is 0. The lowest BCUT2D eigenvalue weighted by atomic mass is 10.1. The van der Waals surface area contributed by atoms with Gasteiger partial charge in [0.1, 0.15) is 10.6 Å². The molecule has 2 aromatic carbocycles. The van der Waals surface area contributed by atoms with Gasteiger partial charge in [-0.3, -0.25) is 0 Å². The molecule has 1 aliphatic rings. The van der Waals surface area contributed by atoms with Crippen LogP contribution in [0.15, 0.2) is 47.4 Å². The van der Waals surface area contributed by atoms with Crippen LogP contribution in [0.25, 0.3) is 0 Å². The Morgan fingerprint density at radius 3 is 2.50 bits per heavy atom. The summed E-state index contributed by atoms with van der Waals surface area (Å²) in [5, 5.41) is 0.348. The van der Waals surface area contributed by atoms with Crippen LogP contribution in [0.2, 0.25) is 5.02 Å². The highest BCUT2D eigenvalue weighted by molar-refractivity contribution is 7.89. The molecule has 0 spiro atoms. The summed E-state index contributed by atoms with van der Waals surface area (Å²) in [6.07, 6.45) is -0.547. The normalized spacial score (nSPS) is 21.5. The Hall–Kier alpha value is -1.60. The number of sulfonamides is 1. The summed E-state index contributed by atoms with van der Waals surface area (Å²) in [4.78, 5) is 0.0734. The number of methoxy groups -OCH3 is 1. The first-order chi connectivity index (χ1) is 12.3. The van der Waals surface area contributed by atoms with Gasteiger partial charge in [0.2, 0.25) is 10.0 Å². The average molecular weight is 396 g/mol. The van der Waals surface area contributed by atoms with Crippen LogP contribution in [0.1, 0.15) is 24.2 Å². The van der Waals surface area contributed by atoms with Crippen LogP contribution < -0.4 is 4.74 Å². The van der Waals surface area contributed by atoms with E-state index in [0.29, 0.717) is 5.02 Å². The average Bonchev–Trinajstić information content (AvgIpc) is 2.61. The van der Waals surface area contributed by atoms with Gasteiger partial charge >= 0.3 is 0 Å². The van der Waals surface area contributed by atoms with E-state index in [9.17, 15) is 8.42 Å². The molecule has 0 aliphatic carbocycles. The summed E-state index contributed by atoms with van der Waals surface area (Å²) in [5.74, 6) is 0.278. The van der Waals surface area contributed by atoms with Crippen molar-refractivity contribution in [1.29, 1.82) is 0 Å². The highest BCUT2D eigenvalue weighted by Gasteiger charge is 2.36. The second-order valence-corrected chi connectivity index (χ2v) is 8.81. The number of hydrogen-bond acceptors (Lipinski definition) is 4. The number of rotatable bonds is 4. The Kier molecular flexibility index (Phi) is 5.58. The minimum Gasteiger partial charge on any atom is -0.495 e.